The molecule has 0 spiro atoms. The fraction of sp³-hybridized carbons (Fsp3) is 0.586. The average Bonchev–Trinajstić information content (AvgIpc) is 3.57. The van der Waals surface area contributed by atoms with Gasteiger partial charge >= 0.3 is 0 Å². The van der Waals surface area contributed by atoms with Gasteiger partial charge in [0, 0.05) is 50.3 Å². The molecule has 0 radical (unpaired) electrons. The third-order valence-electron chi connectivity index (χ3n) is 8.86. The van der Waals surface area contributed by atoms with Gasteiger partial charge in [-0.2, -0.15) is 14.5 Å². The number of rotatable bonds is 8. The highest BCUT2D eigenvalue weighted by Gasteiger charge is 2.41. The molecule has 41 heavy (non-hydrogen) atoms. The molecular weight excluding hydrogens is 540 g/mol. The second-order valence-corrected chi connectivity index (χ2v) is 14.2. The van der Waals surface area contributed by atoms with Gasteiger partial charge in [0.2, 0.25) is 10.0 Å². The number of aliphatic imine (C=N–C) groups is 1. The summed E-state index contributed by atoms with van der Waals surface area (Å²) in [4.78, 5) is 20.2. The zero-order chi connectivity index (χ0) is 28.7. The van der Waals surface area contributed by atoms with Crippen LogP contribution in [0.25, 0.3) is 0 Å². The molecule has 1 unspecified atom stereocenters. The standard InChI is InChI=1S/C29H40N8O3S/c1-4-21-6-8-23(9-7-21)37-27(32-29(38)25-17-31-36-13-5-12-30-28(25)36)16-26(33-37)22-10-14-34(15-11-22)24-18-35(19-24)41(39,40)20(2)3/h6-8,12,16-17,20,22-24H,4-5,9-11,13-15,18-19H2,1-3H3,(H,32,38). The van der Waals surface area contributed by atoms with Crippen LogP contribution >= 0.6 is 0 Å². The minimum Gasteiger partial charge on any atom is -0.307 e. The number of fused-ring (bicyclic) bond motifs is 1. The van der Waals surface area contributed by atoms with Gasteiger partial charge in [-0.25, -0.2) is 22.8 Å². The van der Waals surface area contributed by atoms with E-state index in [0.717, 1.165) is 57.4 Å². The largest absolute Gasteiger partial charge is 0.307 e. The van der Waals surface area contributed by atoms with E-state index in [1.54, 1.807) is 29.0 Å². The van der Waals surface area contributed by atoms with Gasteiger partial charge in [-0.05, 0) is 52.6 Å². The van der Waals surface area contributed by atoms with Crippen LogP contribution in [-0.2, 0) is 16.6 Å². The van der Waals surface area contributed by atoms with Crippen molar-refractivity contribution in [3.05, 3.63) is 47.3 Å². The summed E-state index contributed by atoms with van der Waals surface area (Å²) in [5, 5.41) is 12.2. The van der Waals surface area contributed by atoms with Crippen LogP contribution in [0.4, 0.5) is 11.6 Å². The maximum Gasteiger partial charge on any atom is 0.262 e. The number of carbonyl (C=O) groups is 1. The zero-order valence-electron chi connectivity index (χ0n) is 24.1. The summed E-state index contributed by atoms with van der Waals surface area (Å²) in [7, 11) is -3.18. The van der Waals surface area contributed by atoms with E-state index in [-0.39, 0.29) is 29.2 Å². The molecule has 2 aromatic heterocycles. The Morgan fingerprint density at radius 3 is 2.63 bits per heavy atom. The highest BCUT2D eigenvalue weighted by Crippen LogP contribution is 2.35. The smallest absolute Gasteiger partial charge is 0.262 e. The van der Waals surface area contributed by atoms with Crippen molar-refractivity contribution in [3.8, 4) is 0 Å². The number of nitrogens with one attached hydrogen (secondary N) is 1. The van der Waals surface area contributed by atoms with Crippen molar-refractivity contribution in [2.45, 2.75) is 82.7 Å². The number of likely N-dealkylation sites (tertiary alicyclic amines) is 1. The minimum absolute atomic E-state index is 0.0254. The van der Waals surface area contributed by atoms with Gasteiger partial charge in [0.05, 0.1) is 23.2 Å². The van der Waals surface area contributed by atoms with Gasteiger partial charge in [-0.15, -0.1) is 0 Å². The van der Waals surface area contributed by atoms with E-state index >= 15 is 0 Å². The molecule has 2 aromatic rings. The fourth-order valence-electron chi connectivity index (χ4n) is 6.12. The first-order valence-corrected chi connectivity index (χ1v) is 16.3. The summed E-state index contributed by atoms with van der Waals surface area (Å²) >= 11 is 0. The maximum absolute atomic E-state index is 13.4. The normalized spacial score (nSPS) is 22.5. The number of anilines is 1. The SMILES string of the molecule is CCC1=CCC(n2nc(C3CCN(C4CN(S(=O)(=O)C(C)C)C4)CC3)cc2NC(=O)c2cnn3c2N=CCC3)C=C1. The molecule has 4 aliphatic rings. The molecule has 6 rings (SSSR count). The Bertz CT molecular complexity index is 1490. The Balaban J connectivity index is 1.16. The van der Waals surface area contributed by atoms with Crippen molar-refractivity contribution >= 4 is 33.8 Å². The van der Waals surface area contributed by atoms with Crippen molar-refractivity contribution in [1.29, 1.82) is 0 Å². The molecule has 0 bridgehead atoms. The van der Waals surface area contributed by atoms with E-state index in [0.29, 0.717) is 30.3 Å². The fourth-order valence-corrected chi connectivity index (χ4v) is 7.48. The summed E-state index contributed by atoms with van der Waals surface area (Å²) in [5.41, 5.74) is 2.77. The van der Waals surface area contributed by atoms with Crippen molar-refractivity contribution in [2.75, 3.05) is 31.5 Å². The van der Waals surface area contributed by atoms with Crippen LogP contribution in [0.1, 0.15) is 80.9 Å². The number of aryl methyl sites for hydroxylation is 1. The van der Waals surface area contributed by atoms with E-state index in [4.69, 9.17) is 5.10 Å². The van der Waals surface area contributed by atoms with Crippen LogP contribution in [-0.4, -0.2) is 86.8 Å². The molecule has 1 N–H and O–H groups in total. The first kappa shape index (κ1) is 28.0. The van der Waals surface area contributed by atoms with E-state index in [2.05, 4.69) is 45.5 Å². The number of hydrogen-bond donors (Lipinski definition) is 1. The third kappa shape index (κ3) is 5.44. The first-order chi connectivity index (χ1) is 19.7. The average molecular weight is 581 g/mol. The van der Waals surface area contributed by atoms with Gasteiger partial charge in [0.15, 0.2) is 5.82 Å². The number of sulfonamides is 1. The molecule has 0 aromatic carbocycles. The van der Waals surface area contributed by atoms with Crippen molar-refractivity contribution in [2.24, 2.45) is 4.99 Å². The van der Waals surface area contributed by atoms with E-state index in [1.807, 2.05) is 17.0 Å². The molecular formula is C29H40N8O3S. The van der Waals surface area contributed by atoms with Crippen molar-refractivity contribution < 1.29 is 13.2 Å². The van der Waals surface area contributed by atoms with Gasteiger partial charge < -0.3 is 5.32 Å². The second kappa shape index (κ2) is 11.3. The predicted octanol–water partition coefficient (Wildman–Crippen LogP) is 3.88. The molecule has 12 heteroatoms. The molecule has 2 fully saturated rings. The lowest BCUT2D eigenvalue weighted by Crippen LogP contribution is -2.62. The van der Waals surface area contributed by atoms with Gasteiger partial charge in [-0.3, -0.25) is 9.69 Å². The third-order valence-corrected chi connectivity index (χ3v) is 11.1. The number of aromatic nitrogens is 4. The lowest BCUT2D eigenvalue weighted by molar-refractivity contribution is 0.0656. The number of nitrogens with zero attached hydrogens (tertiary/aromatic N) is 7. The topological polar surface area (TPSA) is 118 Å². The zero-order valence-corrected chi connectivity index (χ0v) is 24.9. The number of carbonyl (C=O) groups excluding carboxylic acids is 1. The molecule has 3 aliphatic heterocycles. The van der Waals surface area contributed by atoms with Crippen LogP contribution in [0.3, 0.4) is 0 Å². The van der Waals surface area contributed by atoms with Crippen LogP contribution in [0.15, 0.2) is 41.1 Å². The Labute approximate surface area is 242 Å². The lowest BCUT2D eigenvalue weighted by Gasteiger charge is -2.47. The molecule has 0 saturated carbocycles. The second-order valence-electron chi connectivity index (χ2n) is 11.7. The minimum atomic E-state index is -3.18. The van der Waals surface area contributed by atoms with Crippen LogP contribution in [0.2, 0.25) is 0 Å². The Hall–Kier alpha value is -3.09. The quantitative estimate of drug-likeness (QED) is 0.507. The van der Waals surface area contributed by atoms with E-state index in [9.17, 15) is 13.2 Å². The monoisotopic (exact) mass is 580 g/mol. The van der Waals surface area contributed by atoms with Gasteiger partial charge in [0.1, 0.15) is 11.4 Å². The van der Waals surface area contributed by atoms with Crippen LogP contribution in [0, 0.1) is 0 Å². The van der Waals surface area contributed by atoms with Crippen molar-refractivity contribution in [3.63, 3.8) is 0 Å². The predicted molar refractivity (Wildman–Crippen MR) is 159 cm³/mol. The number of amides is 1. The van der Waals surface area contributed by atoms with Crippen LogP contribution < -0.4 is 5.32 Å². The summed E-state index contributed by atoms with van der Waals surface area (Å²) in [6, 6.07) is 2.34. The highest BCUT2D eigenvalue weighted by molar-refractivity contribution is 7.89. The first-order valence-electron chi connectivity index (χ1n) is 14.8. The molecule has 1 aliphatic carbocycles. The van der Waals surface area contributed by atoms with Gasteiger partial charge in [-0.1, -0.05) is 30.7 Å². The summed E-state index contributed by atoms with van der Waals surface area (Å²) < 4.78 is 30.2. The van der Waals surface area contributed by atoms with Gasteiger partial charge in [0.25, 0.3) is 5.91 Å². The summed E-state index contributed by atoms with van der Waals surface area (Å²) in [6.45, 7) is 9.34. The molecule has 220 valence electrons. The van der Waals surface area contributed by atoms with Crippen molar-refractivity contribution in [1.82, 2.24) is 28.8 Å². The summed E-state index contributed by atoms with van der Waals surface area (Å²) in [5.74, 6) is 1.32. The molecule has 2 saturated heterocycles. The highest BCUT2D eigenvalue weighted by atomic mass is 32.2. The maximum atomic E-state index is 13.4. The van der Waals surface area contributed by atoms with E-state index < -0.39 is 10.0 Å². The summed E-state index contributed by atoms with van der Waals surface area (Å²) in [6.07, 6.45) is 14.5. The molecule has 1 amide bonds. The Kier molecular flexibility index (Phi) is 7.73. The van der Waals surface area contributed by atoms with E-state index in [1.165, 1.54) is 5.57 Å². The lowest BCUT2D eigenvalue weighted by atomic mass is 9.92. The number of piperidine rings is 1. The Morgan fingerprint density at radius 2 is 1.95 bits per heavy atom. The Morgan fingerprint density at radius 1 is 1.17 bits per heavy atom. The molecule has 1 atom stereocenters. The number of allylic oxidation sites excluding steroid dienone is 4. The molecule has 11 nitrogen and oxygen atoms in total. The number of hydrogen-bond acceptors (Lipinski definition) is 7. The molecule has 5 heterocycles. The van der Waals surface area contributed by atoms with Crippen LogP contribution in [0.5, 0.6) is 0 Å².